The van der Waals surface area contributed by atoms with Crippen molar-refractivity contribution in [3.8, 4) is 0 Å². The Morgan fingerprint density at radius 1 is 1.38 bits per heavy atom. The number of amides is 1. The van der Waals surface area contributed by atoms with Crippen LogP contribution in [0.4, 0.5) is 5.69 Å². The zero-order chi connectivity index (χ0) is 15.7. The summed E-state index contributed by atoms with van der Waals surface area (Å²) in [6.45, 7) is 2.79. The van der Waals surface area contributed by atoms with Crippen LogP contribution in [0, 0.1) is 6.92 Å². The van der Waals surface area contributed by atoms with Gasteiger partial charge in [0.2, 0.25) is 5.91 Å². The summed E-state index contributed by atoms with van der Waals surface area (Å²) >= 11 is 1.62. The van der Waals surface area contributed by atoms with Crippen molar-refractivity contribution < 1.29 is 14.7 Å². The fraction of sp³-hybridized carbons (Fsp3) is 0.357. The van der Waals surface area contributed by atoms with E-state index in [4.69, 9.17) is 10.8 Å². The van der Waals surface area contributed by atoms with Gasteiger partial charge in [-0.05, 0) is 18.6 Å². The van der Waals surface area contributed by atoms with Crippen molar-refractivity contribution in [1.82, 2.24) is 0 Å². The van der Waals surface area contributed by atoms with E-state index in [9.17, 15) is 9.59 Å². The molecular weight excluding hydrogens is 290 g/mol. The number of benzene rings is 1. The van der Waals surface area contributed by atoms with Crippen LogP contribution in [0.1, 0.15) is 18.4 Å². The number of aryl methyl sites for hydroxylation is 1. The van der Waals surface area contributed by atoms with E-state index in [1.807, 2.05) is 25.1 Å². The molecule has 0 saturated heterocycles. The number of carboxylic acid groups (broad SMARTS) is 1. The van der Waals surface area contributed by atoms with Gasteiger partial charge in [-0.2, -0.15) is 0 Å². The molecule has 0 unspecified atom stereocenters. The number of aliphatic imine (C=N–C) groups is 1. The first-order valence-electron chi connectivity index (χ1n) is 6.49. The van der Waals surface area contributed by atoms with Crippen LogP contribution in [0.25, 0.3) is 0 Å². The van der Waals surface area contributed by atoms with Crippen LogP contribution in [0.15, 0.2) is 29.3 Å². The van der Waals surface area contributed by atoms with Crippen LogP contribution in [0.5, 0.6) is 0 Å². The molecule has 1 amide bonds. The quantitative estimate of drug-likeness (QED) is 0.787. The zero-order valence-corrected chi connectivity index (χ0v) is 12.7. The average molecular weight is 309 g/mol. The van der Waals surface area contributed by atoms with Gasteiger partial charge in [-0.15, -0.1) is 0 Å². The second-order valence-electron chi connectivity index (χ2n) is 4.33. The van der Waals surface area contributed by atoms with Crippen molar-refractivity contribution >= 4 is 34.5 Å². The fourth-order valence-corrected chi connectivity index (χ4v) is 2.07. The molecule has 114 valence electrons. The first-order valence-corrected chi connectivity index (χ1v) is 7.47. The number of anilines is 1. The van der Waals surface area contributed by atoms with Crippen LogP contribution in [0.3, 0.4) is 0 Å². The minimum atomic E-state index is -0.963. The highest BCUT2D eigenvalue weighted by atomic mass is 32.2. The van der Waals surface area contributed by atoms with E-state index in [1.165, 1.54) is 0 Å². The number of thioether (sulfide) groups is 1. The molecule has 1 aliphatic heterocycles. The van der Waals surface area contributed by atoms with Gasteiger partial charge in [-0.3, -0.25) is 14.6 Å². The summed E-state index contributed by atoms with van der Waals surface area (Å²) in [6.07, 6.45) is -0.138. The SMILES string of the molecule is Cc1ccccc1NC(=O)CCC(=O)O.NC1=NCCS1. The molecule has 0 atom stereocenters. The Labute approximate surface area is 127 Å². The van der Waals surface area contributed by atoms with E-state index >= 15 is 0 Å². The number of carbonyl (C=O) groups is 2. The smallest absolute Gasteiger partial charge is 0.303 e. The van der Waals surface area contributed by atoms with Crippen LogP contribution in [-0.4, -0.2) is 34.4 Å². The molecule has 1 heterocycles. The summed E-state index contributed by atoms with van der Waals surface area (Å²) < 4.78 is 0. The van der Waals surface area contributed by atoms with Gasteiger partial charge in [0.1, 0.15) is 0 Å². The molecule has 1 aromatic rings. The molecule has 1 aliphatic rings. The van der Waals surface area contributed by atoms with Crippen molar-refractivity contribution in [2.75, 3.05) is 17.6 Å². The van der Waals surface area contributed by atoms with Crippen molar-refractivity contribution in [1.29, 1.82) is 0 Å². The molecule has 4 N–H and O–H groups in total. The van der Waals surface area contributed by atoms with Gasteiger partial charge in [-0.1, -0.05) is 30.0 Å². The van der Waals surface area contributed by atoms with E-state index in [-0.39, 0.29) is 18.7 Å². The number of nitrogens with one attached hydrogen (secondary N) is 1. The van der Waals surface area contributed by atoms with Crippen molar-refractivity contribution in [2.24, 2.45) is 10.7 Å². The molecule has 0 fully saturated rings. The average Bonchev–Trinajstić information content (AvgIpc) is 2.91. The van der Waals surface area contributed by atoms with Gasteiger partial charge in [0.15, 0.2) is 5.17 Å². The van der Waals surface area contributed by atoms with Crippen LogP contribution >= 0.6 is 11.8 Å². The van der Waals surface area contributed by atoms with Gasteiger partial charge in [0.05, 0.1) is 13.0 Å². The largest absolute Gasteiger partial charge is 0.481 e. The van der Waals surface area contributed by atoms with Crippen molar-refractivity contribution in [2.45, 2.75) is 19.8 Å². The minimum Gasteiger partial charge on any atom is -0.481 e. The number of nitrogens with two attached hydrogens (primary N) is 1. The molecular formula is C14H19N3O3S. The first kappa shape index (κ1) is 17.0. The number of rotatable bonds is 4. The molecule has 2 rings (SSSR count). The molecule has 0 saturated carbocycles. The molecule has 0 aliphatic carbocycles. The monoisotopic (exact) mass is 309 g/mol. The van der Waals surface area contributed by atoms with Crippen molar-refractivity contribution in [3.63, 3.8) is 0 Å². The van der Waals surface area contributed by atoms with Gasteiger partial charge >= 0.3 is 5.97 Å². The summed E-state index contributed by atoms with van der Waals surface area (Å²) in [5.41, 5.74) is 6.94. The third kappa shape index (κ3) is 7.36. The number of carboxylic acids is 1. The lowest BCUT2D eigenvalue weighted by Crippen LogP contribution is -2.13. The van der Waals surface area contributed by atoms with E-state index in [0.29, 0.717) is 0 Å². The molecule has 7 heteroatoms. The maximum Gasteiger partial charge on any atom is 0.303 e. The number of nitrogens with zero attached hydrogens (tertiary/aromatic N) is 1. The summed E-state index contributed by atoms with van der Waals surface area (Å²) in [7, 11) is 0. The second kappa shape index (κ2) is 9.02. The summed E-state index contributed by atoms with van der Waals surface area (Å²) in [4.78, 5) is 25.4. The summed E-state index contributed by atoms with van der Waals surface area (Å²) in [5, 5.41) is 11.8. The number of para-hydroxylation sites is 1. The number of hydrogen-bond donors (Lipinski definition) is 3. The Balaban J connectivity index is 0.000000304. The molecule has 0 bridgehead atoms. The predicted molar refractivity (Wildman–Crippen MR) is 85.6 cm³/mol. The summed E-state index contributed by atoms with van der Waals surface area (Å²) in [5.74, 6) is -0.159. The maximum atomic E-state index is 11.3. The number of carbonyl (C=O) groups excluding carboxylic acids is 1. The Hall–Kier alpha value is -2.02. The topological polar surface area (TPSA) is 105 Å². The molecule has 0 spiro atoms. The number of hydrogen-bond acceptors (Lipinski definition) is 5. The highest BCUT2D eigenvalue weighted by Crippen LogP contribution is 2.13. The molecule has 6 nitrogen and oxygen atoms in total. The zero-order valence-electron chi connectivity index (χ0n) is 11.8. The first-order chi connectivity index (χ1) is 9.99. The second-order valence-corrected chi connectivity index (χ2v) is 5.44. The third-order valence-corrected chi connectivity index (χ3v) is 3.41. The molecule has 0 aromatic heterocycles. The lowest BCUT2D eigenvalue weighted by atomic mass is 10.2. The van der Waals surface area contributed by atoms with E-state index in [1.54, 1.807) is 17.8 Å². The number of aliphatic carboxylic acids is 1. The highest BCUT2D eigenvalue weighted by Gasteiger charge is 2.06. The van der Waals surface area contributed by atoms with Gasteiger partial charge in [-0.25, -0.2) is 0 Å². The standard InChI is InChI=1S/C11H13NO3.C3H6N2S/c1-8-4-2-3-5-9(8)12-10(13)6-7-11(14)15;4-3-5-1-2-6-3/h2-5H,6-7H2,1H3,(H,12,13)(H,14,15);1-2H2,(H2,4,5). The third-order valence-electron chi connectivity index (χ3n) is 2.59. The highest BCUT2D eigenvalue weighted by molar-refractivity contribution is 8.14. The number of amidine groups is 1. The fourth-order valence-electron chi connectivity index (χ4n) is 1.50. The summed E-state index contributed by atoms with van der Waals surface area (Å²) in [6, 6.07) is 7.36. The van der Waals surface area contributed by atoms with Gasteiger partial charge < -0.3 is 16.2 Å². The van der Waals surface area contributed by atoms with E-state index < -0.39 is 5.97 Å². The van der Waals surface area contributed by atoms with Crippen molar-refractivity contribution in [3.05, 3.63) is 29.8 Å². The Bertz CT molecular complexity index is 532. The Morgan fingerprint density at radius 3 is 2.57 bits per heavy atom. The molecule has 21 heavy (non-hydrogen) atoms. The van der Waals surface area contributed by atoms with Gasteiger partial charge in [0.25, 0.3) is 0 Å². The molecule has 1 aromatic carbocycles. The lowest BCUT2D eigenvalue weighted by molar-refractivity contribution is -0.138. The lowest BCUT2D eigenvalue weighted by Gasteiger charge is -2.06. The molecule has 0 radical (unpaired) electrons. The maximum absolute atomic E-state index is 11.3. The normalized spacial score (nSPS) is 12.9. The van der Waals surface area contributed by atoms with Crippen LogP contribution < -0.4 is 11.1 Å². The van der Waals surface area contributed by atoms with E-state index in [2.05, 4.69) is 10.3 Å². The minimum absolute atomic E-state index is 0.00364. The Kier molecular flexibility index (Phi) is 7.31. The Morgan fingerprint density at radius 2 is 2.10 bits per heavy atom. The van der Waals surface area contributed by atoms with Crippen LogP contribution in [0.2, 0.25) is 0 Å². The predicted octanol–water partition coefficient (Wildman–Crippen LogP) is 1.85. The van der Waals surface area contributed by atoms with E-state index in [0.717, 1.165) is 28.7 Å². The van der Waals surface area contributed by atoms with Crippen LogP contribution in [-0.2, 0) is 9.59 Å². The van der Waals surface area contributed by atoms with Gasteiger partial charge in [0, 0.05) is 17.9 Å².